The van der Waals surface area contributed by atoms with E-state index in [1.165, 1.54) is 6.07 Å². The van der Waals surface area contributed by atoms with Gasteiger partial charge in [-0.25, -0.2) is 9.37 Å². The molecule has 0 amide bonds. The SMILES string of the molecule is Cc1oc(-c2ccc(Br)cc2F)nc1CCOCc1ccccc1. The molecule has 1 aromatic heterocycles. The number of aromatic nitrogens is 1. The second kappa shape index (κ2) is 7.73. The van der Waals surface area contributed by atoms with Gasteiger partial charge >= 0.3 is 0 Å². The Labute approximate surface area is 148 Å². The minimum atomic E-state index is -0.363. The molecule has 0 bridgehead atoms. The zero-order valence-corrected chi connectivity index (χ0v) is 14.8. The fraction of sp³-hybridized carbons (Fsp3) is 0.211. The van der Waals surface area contributed by atoms with Gasteiger partial charge in [-0.05, 0) is 30.7 Å². The van der Waals surface area contributed by atoms with Crippen molar-refractivity contribution in [1.29, 1.82) is 0 Å². The van der Waals surface area contributed by atoms with Crippen molar-refractivity contribution in [2.75, 3.05) is 6.61 Å². The molecular weight excluding hydrogens is 373 g/mol. The lowest BCUT2D eigenvalue weighted by Gasteiger charge is -2.03. The van der Waals surface area contributed by atoms with Crippen LogP contribution >= 0.6 is 15.9 Å². The van der Waals surface area contributed by atoms with Crippen LogP contribution in [0, 0.1) is 12.7 Å². The molecule has 0 spiro atoms. The second-order valence-corrected chi connectivity index (χ2v) is 6.35. The highest BCUT2D eigenvalue weighted by Crippen LogP contribution is 2.26. The molecule has 3 nitrogen and oxygen atoms in total. The number of ether oxygens (including phenoxy) is 1. The number of nitrogens with zero attached hydrogens (tertiary/aromatic N) is 1. The quantitative estimate of drug-likeness (QED) is 0.535. The van der Waals surface area contributed by atoms with Crippen LogP contribution in [0.3, 0.4) is 0 Å². The van der Waals surface area contributed by atoms with Crippen molar-refractivity contribution in [3.8, 4) is 11.5 Å². The molecule has 0 N–H and O–H groups in total. The van der Waals surface area contributed by atoms with Gasteiger partial charge in [0.05, 0.1) is 24.5 Å². The van der Waals surface area contributed by atoms with Gasteiger partial charge in [0.25, 0.3) is 0 Å². The third kappa shape index (κ3) is 4.10. The summed E-state index contributed by atoms with van der Waals surface area (Å²) in [6.07, 6.45) is 0.625. The number of hydrogen-bond donors (Lipinski definition) is 0. The molecule has 0 radical (unpaired) electrons. The molecule has 0 aliphatic rings. The van der Waals surface area contributed by atoms with Gasteiger partial charge in [0.2, 0.25) is 5.89 Å². The van der Waals surface area contributed by atoms with Crippen molar-refractivity contribution in [2.45, 2.75) is 20.0 Å². The summed E-state index contributed by atoms with van der Waals surface area (Å²) in [6, 6.07) is 14.8. The molecular formula is C19H17BrFNO2. The lowest BCUT2D eigenvalue weighted by atomic mass is 10.2. The summed E-state index contributed by atoms with van der Waals surface area (Å²) < 4.78 is 26.0. The fourth-order valence-corrected chi connectivity index (χ4v) is 2.70. The van der Waals surface area contributed by atoms with Crippen LogP contribution in [-0.2, 0) is 17.8 Å². The fourth-order valence-electron chi connectivity index (χ4n) is 2.37. The number of hydrogen-bond acceptors (Lipinski definition) is 3. The topological polar surface area (TPSA) is 35.3 Å². The molecule has 2 aromatic carbocycles. The van der Waals surface area contributed by atoms with Crippen LogP contribution in [0.25, 0.3) is 11.5 Å². The Balaban J connectivity index is 1.62. The van der Waals surface area contributed by atoms with E-state index in [-0.39, 0.29) is 5.82 Å². The van der Waals surface area contributed by atoms with Gasteiger partial charge in [-0.1, -0.05) is 46.3 Å². The largest absolute Gasteiger partial charge is 0.441 e. The monoisotopic (exact) mass is 389 g/mol. The maximum absolute atomic E-state index is 14.0. The maximum Gasteiger partial charge on any atom is 0.229 e. The summed E-state index contributed by atoms with van der Waals surface area (Å²) >= 11 is 3.24. The van der Waals surface area contributed by atoms with Gasteiger partial charge in [-0.15, -0.1) is 0 Å². The molecule has 0 fully saturated rings. The minimum Gasteiger partial charge on any atom is -0.441 e. The highest BCUT2D eigenvalue weighted by Gasteiger charge is 2.15. The van der Waals surface area contributed by atoms with Gasteiger partial charge < -0.3 is 9.15 Å². The van der Waals surface area contributed by atoms with E-state index in [0.717, 1.165) is 11.3 Å². The Morgan fingerprint density at radius 2 is 1.96 bits per heavy atom. The van der Waals surface area contributed by atoms with Gasteiger partial charge in [0.1, 0.15) is 11.6 Å². The zero-order valence-electron chi connectivity index (χ0n) is 13.3. The van der Waals surface area contributed by atoms with Crippen LogP contribution in [0.2, 0.25) is 0 Å². The first-order valence-electron chi connectivity index (χ1n) is 7.67. The van der Waals surface area contributed by atoms with E-state index in [0.29, 0.717) is 41.3 Å². The molecule has 24 heavy (non-hydrogen) atoms. The third-order valence-electron chi connectivity index (χ3n) is 3.65. The standard InChI is InChI=1S/C19H17BrFNO2/c1-13-18(9-10-23-12-14-5-3-2-4-6-14)22-19(24-13)16-8-7-15(20)11-17(16)21/h2-8,11H,9-10,12H2,1H3. The lowest BCUT2D eigenvalue weighted by Crippen LogP contribution is -2.00. The summed E-state index contributed by atoms with van der Waals surface area (Å²) in [5.41, 5.74) is 2.28. The normalized spacial score (nSPS) is 11.0. The van der Waals surface area contributed by atoms with E-state index in [1.54, 1.807) is 12.1 Å². The van der Waals surface area contributed by atoms with Crippen molar-refractivity contribution >= 4 is 15.9 Å². The molecule has 1 heterocycles. The van der Waals surface area contributed by atoms with Crippen molar-refractivity contribution in [3.63, 3.8) is 0 Å². The molecule has 124 valence electrons. The number of benzene rings is 2. The van der Waals surface area contributed by atoms with E-state index < -0.39 is 0 Å². The summed E-state index contributed by atoms with van der Waals surface area (Å²) in [5, 5.41) is 0. The summed E-state index contributed by atoms with van der Waals surface area (Å²) in [6.45, 7) is 2.93. The van der Waals surface area contributed by atoms with Crippen molar-refractivity contribution in [2.24, 2.45) is 0 Å². The average Bonchev–Trinajstić information content (AvgIpc) is 2.93. The van der Waals surface area contributed by atoms with Crippen LogP contribution in [-0.4, -0.2) is 11.6 Å². The van der Waals surface area contributed by atoms with E-state index >= 15 is 0 Å². The lowest BCUT2D eigenvalue weighted by molar-refractivity contribution is 0.123. The van der Waals surface area contributed by atoms with Gasteiger partial charge in [0.15, 0.2) is 0 Å². The highest BCUT2D eigenvalue weighted by atomic mass is 79.9. The summed E-state index contributed by atoms with van der Waals surface area (Å²) in [7, 11) is 0. The van der Waals surface area contributed by atoms with E-state index in [9.17, 15) is 4.39 Å². The Bertz CT molecular complexity index is 817. The smallest absolute Gasteiger partial charge is 0.229 e. The van der Waals surface area contributed by atoms with Gasteiger partial charge in [0, 0.05) is 10.9 Å². The molecule has 0 saturated heterocycles. The molecule has 0 unspecified atom stereocenters. The zero-order chi connectivity index (χ0) is 16.9. The van der Waals surface area contributed by atoms with Crippen molar-refractivity contribution in [3.05, 3.63) is 75.8 Å². The summed E-state index contributed by atoms with van der Waals surface area (Å²) in [4.78, 5) is 4.41. The molecule has 0 aliphatic carbocycles. The predicted octanol–water partition coefficient (Wildman–Crippen LogP) is 5.31. The van der Waals surface area contributed by atoms with E-state index in [4.69, 9.17) is 9.15 Å². The van der Waals surface area contributed by atoms with Crippen molar-refractivity contribution in [1.82, 2.24) is 4.98 Å². The van der Waals surface area contributed by atoms with Crippen molar-refractivity contribution < 1.29 is 13.5 Å². The van der Waals surface area contributed by atoms with Crippen LogP contribution in [0.4, 0.5) is 4.39 Å². The summed E-state index contributed by atoms with van der Waals surface area (Å²) in [5.74, 6) is 0.628. The third-order valence-corrected chi connectivity index (χ3v) is 4.14. The van der Waals surface area contributed by atoms with E-state index in [1.807, 2.05) is 37.3 Å². The van der Waals surface area contributed by atoms with Crippen LogP contribution in [0.1, 0.15) is 17.0 Å². The number of rotatable bonds is 6. The first-order valence-corrected chi connectivity index (χ1v) is 8.46. The molecule has 0 saturated carbocycles. The Morgan fingerprint density at radius 3 is 2.71 bits per heavy atom. The highest BCUT2D eigenvalue weighted by molar-refractivity contribution is 9.10. The van der Waals surface area contributed by atoms with Crippen LogP contribution in [0.5, 0.6) is 0 Å². The van der Waals surface area contributed by atoms with Crippen LogP contribution in [0.15, 0.2) is 57.4 Å². The Hall–Kier alpha value is -1.98. The number of aryl methyl sites for hydroxylation is 1. The molecule has 0 atom stereocenters. The number of oxazole rings is 1. The molecule has 5 heteroatoms. The molecule has 0 aliphatic heterocycles. The van der Waals surface area contributed by atoms with Gasteiger partial charge in [-0.3, -0.25) is 0 Å². The Kier molecular flexibility index (Phi) is 5.43. The van der Waals surface area contributed by atoms with Gasteiger partial charge in [-0.2, -0.15) is 0 Å². The first kappa shape index (κ1) is 16.9. The van der Waals surface area contributed by atoms with E-state index in [2.05, 4.69) is 20.9 Å². The van der Waals surface area contributed by atoms with Crippen LogP contribution < -0.4 is 0 Å². The number of halogens is 2. The maximum atomic E-state index is 14.0. The second-order valence-electron chi connectivity index (χ2n) is 5.43. The predicted molar refractivity (Wildman–Crippen MR) is 94.1 cm³/mol. The minimum absolute atomic E-state index is 0.301. The Morgan fingerprint density at radius 1 is 1.17 bits per heavy atom. The first-order chi connectivity index (χ1) is 11.6. The average molecular weight is 390 g/mol. The molecule has 3 aromatic rings. The molecule has 3 rings (SSSR count).